The van der Waals surface area contributed by atoms with Crippen LogP contribution in [0.4, 0.5) is 4.79 Å². The molecule has 1 unspecified atom stereocenters. The fourth-order valence-electron chi connectivity index (χ4n) is 2.17. The number of hydrogen-bond donors (Lipinski definition) is 0. The van der Waals surface area contributed by atoms with E-state index in [1.807, 2.05) is 0 Å². The average Bonchev–Trinajstić information content (AvgIpc) is 2.72. The number of carbonyl (C=O) groups is 2. The van der Waals surface area contributed by atoms with Crippen LogP contribution in [0.1, 0.15) is 34.1 Å². The van der Waals surface area contributed by atoms with Gasteiger partial charge < -0.3 is 9.64 Å². The summed E-state index contributed by atoms with van der Waals surface area (Å²) < 4.78 is 5.27. The number of hydrogen-bond acceptors (Lipinski definition) is 5. The second kappa shape index (κ2) is 6.36. The van der Waals surface area contributed by atoms with E-state index in [0.717, 1.165) is 0 Å². The second-order valence-electron chi connectivity index (χ2n) is 6.81. The minimum Gasteiger partial charge on any atom is -0.443 e. The molecule has 0 spiro atoms. The Hall–Kier alpha value is -2.07. The zero-order valence-corrected chi connectivity index (χ0v) is 14.1. The summed E-state index contributed by atoms with van der Waals surface area (Å²) in [4.78, 5) is 38.9. The van der Waals surface area contributed by atoms with Crippen molar-refractivity contribution in [1.29, 1.82) is 0 Å². The lowest BCUT2D eigenvalue weighted by molar-refractivity contribution is -0.121. The van der Waals surface area contributed by atoms with E-state index < -0.39 is 17.1 Å². The highest BCUT2D eigenvalue weighted by Crippen LogP contribution is 2.40. The fraction of sp³-hybridized carbons (Fsp3) is 0.625. The Labute approximate surface area is 131 Å². The number of rotatable bonds is 3. The maximum atomic E-state index is 12.4. The zero-order chi connectivity index (χ0) is 17.1. The number of amides is 1. The van der Waals surface area contributed by atoms with E-state index in [0.29, 0.717) is 6.42 Å². The summed E-state index contributed by atoms with van der Waals surface area (Å²) in [6.45, 7) is 7.15. The number of ether oxygens (including phenoxy) is 1. The van der Waals surface area contributed by atoms with Gasteiger partial charge in [0.2, 0.25) is 0 Å². The van der Waals surface area contributed by atoms with E-state index in [4.69, 9.17) is 4.74 Å². The van der Waals surface area contributed by atoms with Gasteiger partial charge in [0.05, 0.1) is 5.41 Å². The summed E-state index contributed by atoms with van der Waals surface area (Å²) >= 11 is 0. The Morgan fingerprint density at radius 2 is 1.95 bits per heavy atom. The molecule has 1 amide bonds. The first-order chi connectivity index (χ1) is 10.0. The first-order valence-electron chi connectivity index (χ1n) is 7.16. The Kier molecular flexibility index (Phi) is 5.20. The standard InChI is InChI=1S/C16H24N2O4/c1-15(2,3)22-14(21)18-10-8-16(4,12(18)11-19)13(20)7-9-17(5)6/h7,9H,8,10H2,1-6H3. The highest BCUT2D eigenvalue weighted by molar-refractivity contribution is 5.99. The quantitative estimate of drug-likeness (QED) is 0.589. The molecule has 122 valence electrons. The summed E-state index contributed by atoms with van der Waals surface area (Å²) in [7, 11) is 3.59. The van der Waals surface area contributed by atoms with Crippen molar-refractivity contribution in [2.45, 2.75) is 39.7 Å². The van der Waals surface area contributed by atoms with Crippen LogP contribution in [0.5, 0.6) is 0 Å². The Balaban J connectivity index is 3.01. The van der Waals surface area contributed by atoms with Gasteiger partial charge in [0.25, 0.3) is 0 Å². The Morgan fingerprint density at radius 1 is 1.36 bits per heavy atom. The SMILES string of the molecule is CN(C)C=CC(=O)C1(C)CCN(C(=O)OC(C)(C)C)C1=C=O. The number of nitrogens with zero attached hydrogens (tertiary/aromatic N) is 2. The van der Waals surface area contributed by atoms with Crippen molar-refractivity contribution in [2.75, 3.05) is 20.6 Å². The monoisotopic (exact) mass is 308 g/mol. The van der Waals surface area contributed by atoms with Gasteiger partial charge in [-0.05, 0) is 40.2 Å². The molecule has 6 nitrogen and oxygen atoms in total. The van der Waals surface area contributed by atoms with Crippen molar-refractivity contribution < 1.29 is 19.1 Å². The Morgan fingerprint density at radius 3 is 2.41 bits per heavy atom. The van der Waals surface area contributed by atoms with Crippen molar-refractivity contribution in [3.05, 3.63) is 18.0 Å². The van der Waals surface area contributed by atoms with Gasteiger partial charge in [0.1, 0.15) is 17.2 Å². The molecular formula is C16H24N2O4. The van der Waals surface area contributed by atoms with E-state index >= 15 is 0 Å². The van der Waals surface area contributed by atoms with Gasteiger partial charge in [-0.1, -0.05) is 0 Å². The lowest BCUT2D eigenvalue weighted by Gasteiger charge is -2.26. The largest absolute Gasteiger partial charge is 0.443 e. The van der Waals surface area contributed by atoms with E-state index in [1.54, 1.807) is 58.8 Å². The molecule has 0 aromatic heterocycles. The molecule has 1 aliphatic rings. The Bertz CT molecular complexity index is 539. The number of ketones is 1. The molecule has 0 saturated carbocycles. The van der Waals surface area contributed by atoms with E-state index in [2.05, 4.69) is 0 Å². The van der Waals surface area contributed by atoms with Gasteiger partial charge in [0, 0.05) is 26.8 Å². The van der Waals surface area contributed by atoms with Gasteiger partial charge in [0.15, 0.2) is 5.78 Å². The van der Waals surface area contributed by atoms with Crippen LogP contribution in [-0.2, 0) is 14.3 Å². The van der Waals surface area contributed by atoms with Crippen molar-refractivity contribution in [1.82, 2.24) is 9.80 Å². The molecule has 0 aromatic rings. The molecule has 0 radical (unpaired) electrons. The molecule has 22 heavy (non-hydrogen) atoms. The highest BCUT2D eigenvalue weighted by atomic mass is 16.6. The van der Waals surface area contributed by atoms with Crippen LogP contribution in [0.25, 0.3) is 0 Å². The summed E-state index contributed by atoms with van der Waals surface area (Å²) in [5.41, 5.74) is -1.68. The van der Waals surface area contributed by atoms with Crippen molar-refractivity contribution in [3.8, 4) is 0 Å². The third-order valence-electron chi connectivity index (χ3n) is 3.41. The normalized spacial score (nSPS) is 21.9. The van der Waals surface area contributed by atoms with Crippen molar-refractivity contribution >= 4 is 17.8 Å². The zero-order valence-electron chi connectivity index (χ0n) is 14.1. The van der Waals surface area contributed by atoms with Crippen LogP contribution in [0.2, 0.25) is 0 Å². The average molecular weight is 308 g/mol. The molecule has 1 heterocycles. The molecule has 1 fully saturated rings. The molecule has 0 aliphatic carbocycles. The molecule has 0 N–H and O–H groups in total. The van der Waals surface area contributed by atoms with Crippen LogP contribution in [0, 0.1) is 5.41 Å². The second-order valence-corrected chi connectivity index (χ2v) is 6.81. The molecule has 1 aliphatic heterocycles. The maximum absolute atomic E-state index is 12.4. The maximum Gasteiger partial charge on any atom is 0.415 e. The van der Waals surface area contributed by atoms with Crippen molar-refractivity contribution in [3.63, 3.8) is 0 Å². The van der Waals surface area contributed by atoms with Crippen LogP contribution < -0.4 is 0 Å². The van der Waals surface area contributed by atoms with Gasteiger partial charge in [-0.15, -0.1) is 0 Å². The van der Waals surface area contributed by atoms with E-state index in [1.165, 1.54) is 11.0 Å². The van der Waals surface area contributed by atoms with Gasteiger partial charge >= 0.3 is 6.09 Å². The van der Waals surface area contributed by atoms with Gasteiger partial charge in [-0.3, -0.25) is 9.69 Å². The number of carbonyl (C=O) groups excluding carboxylic acids is 3. The topological polar surface area (TPSA) is 66.9 Å². The molecule has 6 heteroatoms. The first kappa shape index (κ1) is 18.0. The predicted molar refractivity (Wildman–Crippen MR) is 82.7 cm³/mol. The summed E-state index contributed by atoms with van der Waals surface area (Å²) in [5, 5.41) is 0. The van der Waals surface area contributed by atoms with E-state index in [9.17, 15) is 14.4 Å². The van der Waals surface area contributed by atoms with E-state index in [-0.39, 0.29) is 18.0 Å². The predicted octanol–water partition coefficient (Wildman–Crippen LogP) is 1.99. The molecule has 1 rings (SSSR count). The van der Waals surface area contributed by atoms with Crippen molar-refractivity contribution in [2.24, 2.45) is 5.41 Å². The van der Waals surface area contributed by atoms with Crippen LogP contribution in [0.3, 0.4) is 0 Å². The minimum absolute atomic E-state index is 0.0372. The molecule has 1 atom stereocenters. The summed E-state index contributed by atoms with van der Waals surface area (Å²) in [5.74, 6) is 1.53. The highest BCUT2D eigenvalue weighted by Gasteiger charge is 2.48. The number of likely N-dealkylation sites (tertiary alicyclic amines) is 1. The lowest BCUT2D eigenvalue weighted by Crippen LogP contribution is -2.37. The smallest absolute Gasteiger partial charge is 0.415 e. The van der Waals surface area contributed by atoms with Gasteiger partial charge in [-0.25, -0.2) is 9.59 Å². The minimum atomic E-state index is -1.05. The summed E-state index contributed by atoms with van der Waals surface area (Å²) in [6.07, 6.45) is 2.77. The summed E-state index contributed by atoms with van der Waals surface area (Å²) in [6, 6.07) is 0. The molecular weight excluding hydrogens is 284 g/mol. The molecule has 0 aromatic carbocycles. The van der Waals surface area contributed by atoms with Crippen LogP contribution in [0.15, 0.2) is 18.0 Å². The third kappa shape index (κ3) is 3.98. The van der Waals surface area contributed by atoms with Gasteiger partial charge in [-0.2, -0.15) is 0 Å². The molecule has 1 saturated heterocycles. The number of allylic oxidation sites excluding steroid dienone is 2. The first-order valence-corrected chi connectivity index (χ1v) is 7.16. The van der Waals surface area contributed by atoms with Crippen LogP contribution in [-0.4, -0.2) is 53.9 Å². The lowest BCUT2D eigenvalue weighted by atomic mass is 9.82. The molecule has 0 bridgehead atoms. The third-order valence-corrected chi connectivity index (χ3v) is 3.41. The van der Waals surface area contributed by atoms with Crippen LogP contribution >= 0.6 is 0 Å². The fourth-order valence-corrected chi connectivity index (χ4v) is 2.17.